The van der Waals surface area contributed by atoms with Crippen LogP contribution in [0.3, 0.4) is 0 Å². The maximum atomic E-state index is 12.3. The molecule has 1 aliphatic heterocycles. The number of carbonyl (C=O) groups excluding carboxylic acids is 2. The molecule has 0 spiro atoms. The first-order valence-electron chi connectivity index (χ1n) is 7.22. The SMILES string of the molecule is O=C(CN1CC(=O)Oc2cc([N+](=O)[O-])ccc21)Nc1cccc(Br)c1. The van der Waals surface area contributed by atoms with Gasteiger partial charge in [-0.1, -0.05) is 22.0 Å². The zero-order valence-electron chi connectivity index (χ0n) is 12.8. The average Bonchev–Trinajstić information content (AvgIpc) is 2.53. The first-order chi connectivity index (χ1) is 11.9. The van der Waals surface area contributed by atoms with Crippen molar-refractivity contribution < 1.29 is 19.2 Å². The van der Waals surface area contributed by atoms with Crippen LogP contribution in [0.25, 0.3) is 0 Å². The number of nitrogens with zero attached hydrogens (tertiary/aromatic N) is 2. The van der Waals surface area contributed by atoms with Crippen LogP contribution in [0.15, 0.2) is 46.9 Å². The number of nitro groups is 1. The van der Waals surface area contributed by atoms with Gasteiger partial charge in [0.25, 0.3) is 5.69 Å². The molecule has 1 aliphatic rings. The number of hydrogen-bond donors (Lipinski definition) is 1. The van der Waals surface area contributed by atoms with E-state index in [-0.39, 0.29) is 30.4 Å². The standard InChI is InChI=1S/C16H12BrN3O5/c17-10-2-1-3-11(6-10)18-15(21)8-19-9-16(22)25-14-7-12(20(23)24)4-5-13(14)19/h1-7H,8-9H2,(H,18,21). The summed E-state index contributed by atoms with van der Waals surface area (Å²) in [5.41, 5.74) is 0.879. The number of nitro benzene ring substituents is 1. The highest BCUT2D eigenvalue weighted by molar-refractivity contribution is 9.10. The number of benzene rings is 2. The van der Waals surface area contributed by atoms with Gasteiger partial charge in [0.2, 0.25) is 5.91 Å². The van der Waals surface area contributed by atoms with E-state index in [1.54, 1.807) is 18.2 Å². The van der Waals surface area contributed by atoms with Crippen molar-refractivity contribution in [1.82, 2.24) is 0 Å². The van der Waals surface area contributed by atoms with E-state index in [2.05, 4.69) is 21.2 Å². The van der Waals surface area contributed by atoms with Gasteiger partial charge in [-0.15, -0.1) is 0 Å². The lowest BCUT2D eigenvalue weighted by Crippen LogP contribution is -2.41. The van der Waals surface area contributed by atoms with Crippen molar-refractivity contribution in [2.45, 2.75) is 0 Å². The number of non-ortho nitro benzene ring substituents is 1. The van der Waals surface area contributed by atoms with Gasteiger partial charge in [-0.25, -0.2) is 4.79 Å². The summed E-state index contributed by atoms with van der Waals surface area (Å²) in [6.45, 7) is -0.205. The Morgan fingerprint density at radius 1 is 1.32 bits per heavy atom. The van der Waals surface area contributed by atoms with Gasteiger partial charge >= 0.3 is 5.97 Å². The van der Waals surface area contributed by atoms with E-state index in [1.807, 2.05) is 6.07 Å². The van der Waals surface area contributed by atoms with Crippen molar-refractivity contribution in [3.63, 3.8) is 0 Å². The summed E-state index contributed by atoms with van der Waals surface area (Å²) in [5.74, 6) is -0.832. The molecule has 9 heteroatoms. The molecule has 0 aliphatic carbocycles. The van der Waals surface area contributed by atoms with Crippen molar-refractivity contribution in [3.8, 4) is 5.75 Å². The Hall–Kier alpha value is -2.94. The Bertz CT molecular complexity index is 871. The Labute approximate surface area is 150 Å². The molecule has 0 atom stereocenters. The molecular formula is C16H12BrN3O5. The van der Waals surface area contributed by atoms with Crippen LogP contribution in [0.5, 0.6) is 5.75 Å². The number of fused-ring (bicyclic) bond motifs is 1. The largest absolute Gasteiger partial charge is 0.423 e. The van der Waals surface area contributed by atoms with Gasteiger partial charge in [-0.2, -0.15) is 0 Å². The average molecular weight is 406 g/mol. The number of ether oxygens (including phenoxy) is 1. The predicted octanol–water partition coefficient (Wildman–Crippen LogP) is 2.72. The first-order valence-corrected chi connectivity index (χ1v) is 8.01. The monoisotopic (exact) mass is 405 g/mol. The minimum atomic E-state index is -0.580. The van der Waals surface area contributed by atoms with Gasteiger partial charge in [0.15, 0.2) is 5.75 Å². The zero-order valence-corrected chi connectivity index (χ0v) is 14.4. The summed E-state index contributed by atoms with van der Waals surface area (Å²) >= 11 is 3.32. The quantitative estimate of drug-likeness (QED) is 0.363. The first kappa shape index (κ1) is 16.9. The van der Waals surface area contributed by atoms with Crippen LogP contribution >= 0.6 is 15.9 Å². The summed E-state index contributed by atoms with van der Waals surface area (Å²) in [6, 6.07) is 11.0. The number of halogens is 1. The molecule has 0 bridgehead atoms. The summed E-state index contributed by atoms with van der Waals surface area (Å²) in [7, 11) is 0. The van der Waals surface area contributed by atoms with Crippen molar-refractivity contribution in [1.29, 1.82) is 0 Å². The minimum absolute atomic E-state index is 0.0701. The number of rotatable bonds is 4. The number of amides is 1. The highest BCUT2D eigenvalue weighted by Gasteiger charge is 2.27. The Morgan fingerprint density at radius 3 is 2.84 bits per heavy atom. The van der Waals surface area contributed by atoms with Crippen LogP contribution in [0.2, 0.25) is 0 Å². The molecule has 2 aromatic carbocycles. The van der Waals surface area contributed by atoms with Gasteiger partial charge in [0.05, 0.1) is 23.2 Å². The number of esters is 1. The third-order valence-electron chi connectivity index (χ3n) is 3.48. The third-order valence-corrected chi connectivity index (χ3v) is 3.97. The van der Waals surface area contributed by atoms with Crippen LogP contribution in [0, 0.1) is 10.1 Å². The van der Waals surface area contributed by atoms with Gasteiger partial charge in [-0.3, -0.25) is 14.9 Å². The zero-order chi connectivity index (χ0) is 18.0. The summed E-state index contributed by atoms with van der Waals surface area (Å²) < 4.78 is 5.87. The van der Waals surface area contributed by atoms with Gasteiger partial charge in [0, 0.05) is 16.2 Å². The van der Waals surface area contributed by atoms with Crippen LogP contribution in [0.1, 0.15) is 0 Å². The Balaban J connectivity index is 1.78. The lowest BCUT2D eigenvalue weighted by molar-refractivity contribution is -0.384. The van der Waals surface area contributed by atoms with E-state index in [4.69, 9.17) is 4.74 Å². The van der Waals surface area contributed by atoms with Crippen molar-refractivity contribution >= 4 is 44.9 Å². The molecule has 0 fully saturated rings. The van der Waals surface area contributed by atoms with E-state index in [9.17, 15) is 19.7 Å². The maximum Gasteiger partial charge on any atom is 0.331 e. The molecule has 2 aromatic rings. The molecule has 1 amide bonds. The highest BCUT2D eigenvalue weighted by atomic mass is 79.9. The Morgan fingerprint density at radius 2 is 2.12 bits per heavy atom. The molecule has 1 N–H and O–H groups in total. The Kier molecular flexibility index (Phi) is 4.66. The van der Waals surface area contributed by atoms with Gasteiger partial charge in [0.1, 0.15) is 6.54 Å². The van der Waals surface area contributed by atoms with Crippen LogP contribution < -0.4 is 15.0 Å². The molecule has 0 aromatic heterocycles. The highest BCUT2D eigenvalue weighted by Crippen LogP contribution is 2.35. The molecule has 0 radical (unpaired) electrons. The molecule has 3 rings (SSSR count). The normalized spacial score (nSPS) is 13.0. The summed E-state index contributed by atoms with van der Waals surface area (Å²) in [4.78, 5) is 35.8. The van der Waals surface area contributed by atoms with Crippen molar-refractivity contribution in [2.75, 3.05) is 23.3 Å². The van der Waals surface area contributed by atoms with E-state index in [1.165, 1.54) is 23.1 Å². The maximum absolute atomic E-state index is 12.3. The van der Waals surface area contributed by atoms with Crippen LogP contribution in [-0.2, 0) is 9.59 Å². The number of nitrogens with one attached hydrogen (secondary N) is 1. The fraction of sp³-hybridized carbons (Fsp3) is 0.125. The second-order valence-electron chi connectivity index (χ2n) is 5.30. The lowest BCUT2D eigenvalue weighted by Gasteiger charge is -2.28. The summed E-state index contributed by atoms with van der Waals surface area (Å²) in [5, 5.41) is 13.6. The van der Waals surface area contributed by atoms with Crippen LogP contribution in [-0.4, -0.2) is 29.9 Å². The molecule has 128 valence electrons. The van der Waals surface area contributed by atoms with Crippen LogP contribution in [0.4, 0.5) is 17.1 Å². The third kappa shape index (κ3) is 3.94. The van der Waals surface area contributed by atoms with Crippen molar-refractivity contribution in [3.05, 3.63) is 57.1 Å². The van der Waals surface area contributed by atoms with E-state index >= 15 is 0 Å². The minimum Gasteiger partial charge on any atom is -0.423 e. The smallest absolute Gasteiger partial charge is 0.331 e. The topological polar surface area (TPSA) is 102 Å². The van der Waals surface area contributed by atoms with Gasteiger partial charge < -0.3 is 15.0 Å². The fourth-order valence-corrected chi connectivity index (χ4v) is 2.84. The second kappa shape index (κ2) is 6.89. The number of hydrogen-bond acceptors (Lipinski definition) is 6. The van der Waals surface area contributed by atoms with E-state index in [0.717, 1.165) is 4.47 Å². The molecule has 0 saturated carbocycles. The fourth-order valence-electron chi connectivity index (χ4n) is 2.44. The lowest BCUT2D eigenvalue weighted by atomic mass is 10.2. The second-order valence-corrected chi connectivity index (χ2v) is 6.21. The van der Waals surface area contributed by atoms with Crippen molar-refractivity contribution in [2.24, 2.45) is 0 Å². The number of carbonyl (C=O) groups is 2. The molecule has 8 nitrogen and oxygen atoms in total. The molecule has 1 heterocycles. The van der Waals surface area contributed by atoms with E-state index < -0.39 is 10.9 Å². The molecule has 0 saturated heterocycles. The molecule has 0 unspecified atom stereocenters. The molecular weight excluding hydrogens is 394 g/mol. The van der Waals surface area contributed by atoms with Gasteiger partial charge in [-0.05, 0) is 24.3 Å². The molecule has 25 heavy (non-hydrogen) atoms. The number of anilines is 2. The summed E-state index contributed by atoms with van der Waals surface area (Å²) in [6.07, 6.45) is 0. The van der Waals surface area contributed by atoms with E-state index in [0.29, 0.717) is 11.4 Å². The predicted molar refractivity (Wildman–Crippen MR) is 93.7 cm³/mol.